The third-order valence-electron chi connectivity index (χ3n) is 2.63. The number of hydrogen-bond acceptors (Lipinski definition) is 2. The van der Waals surface area contributed by atoms with Crippen molar-refractivity contribution in [1.29, 1.82) is 0 Å². The van der Waals surface area contributed by atoms with Gasteiger partial charge in [-0.15, -0.1) is 11.8 Å². The van der Waals surface area contributed by atoms with E-state index in [1.54, 1.807) is 0 Å². The molecule has 1 aromatic heterocycles. The Bertz CT molecular complexity index is 393. The first-order chi connectivity index (χ1) is 8.04. The third-order valence-corrected chi connectivity index (χ3v) is 3.59. The molecule has 0 saturated heterocycles. The second kappa shape index (κ2) is 6.66. The number of pyridine rings is 1. The second-order valence-electron chi connectivity index (χ2n) is 4.81. The van der Waals surface area contributed by atoms with Crippen molar-refractivity contribution in [3.63, 3.8) is 0 Å². The molecule has 0 radical (unpaired) electrons. The molecule has 0 amide bonds. The van der Waals surface area contributed by atoms with E-state index < -0.39 is 0 Å². The standard InChI is InChI=1S/C14H20N2S/c1-10(2)14(9-15-5)12-6-13(8-16-7-12)17-11(3)4/h6-8,10-11,14H,9H2,1-4H3. The molecule has 1 heterocycles. The van der Waals surface area contributed by atoms with Crippen LogP contribution in [0.5, 0.6) is 0 Å². The van der Waals surface area contributed by atoms with Crippen LogP contribution in [0.2, 0.25) is 0 Å². The first-order valence-corrected chi connectivity index (χ1v) is 6.87. The molecule has 2 nitrogen and oxygen atoms in total. The van der Waals surface area contributed by atoms with Crippen LogP contribution in [0.4, 0.5) is 0 Å². The molecule has 1 aromatic rings. The van der Waals surface area contributed by atoms with E-state index in [1.165, 1.54) is 10.5 Å². The zero-order chi connectivity index (χ0) is 12.8. The van der Waals surface area contributed by atoms with Crippen LogP contribution in [0.3, 0.4) is 0 Å². The normalized spacial score (nSPS) is 12.8. The predicted molar refractivity (Wildman–Crippen MR) is 74.3 cm³/mol. The lowest BCUT2D eigenvalue weighted by molar-refractivity contribution is 0.523. The molecule has 0 aliphatic rings. The highest BCUT2D eigenvalue weighted by atomic mass is 32.2. The fraction of sp³-hybridized carbons (Fsp3) is 0.571. The summed E-state index contributed by atoms with van der Waals surface area (Å²) in [5.41, 5.74) is 1.20. The van der Waals surface area contributed by atoms with E-state index in [-0.39, 0.29) is 0 Å². The second-order valence-corrected chi connectivity index (χ2v) is 6.46. The monoisotopic (exact) mass is 248 g/mol. The maximum absolute atomic E-state index is 7.04. The summed E-state index contributed by atoms with van der Waals surface area (Å²) in [6, 6.07) is 2.19. The molecule has 0 aliphatic carbocycles. The van der Waals surface area contributed by atoms with Crippen LogP contribution in [0, 0.1) is 12.5 Å². The van der Waals surface area contributed by atoms with Crippen LogP contribution in [-0.4, -0.2) is 16.8 Å². The molecule has 92 valence electrons. The molecular weight excluding hydrogens is 228 g/mol. The highest BCUT2D eigenvalue weighted by molar-refractivity contribution is 7.99. The number of hydrogen-bond donors (Lipinski definition) is 0. The van der Waals surface area contributed by atoms with Gasteiger partial charge in [-0.1, -0.05) is 27.7 Å². The average molecular weight is 248 g/mol. The lowest BCUT2D eigenvalue weighted by Crippen LogP contribution is -2.10. The van der Waals surface area contributed by atoms with Gasteiger partial charge in [-0.3, -0.25) is 4.98 Å². The number of rotatable bonds is 5. The van der Waals surface area contributed by atoms with Crippen LogP contribution in [0.1, 0.15) is 39.2 Å². The Hall–Kier alpha value is -1.01. The van der Waals surface area contributed by atoms with Gasteiger partial charge in [0.25, 0.3) is 0 Å². The van der Waals surface area contributed by atoms with E-state index in [9.17, 15) is 0 Å². The molecule has 1 unspecified atom stereocenters. The van der Waals surface area contributed by atoms with Gasteiger partial charge in [0, 0.05) is 22.5 Å². The molecule has 0 saturated carbocycles. The van der Waals surface area contributed by atoms with E-state index in [0.29, 0.717) is 23.6 Å². The van der Waals surface area contributed by atoms with E-state index in [4.69, 9.17) is 6.57 Å². The third kappa shape index (κ3) is 4.40. The fourth-order valence-electron chi connectivity index (χ4n) is 1.77. The van der Waals surface area contributed by atoms with Crippen molar-refractivity contribution in [3.8, 4) is 0 Å². The molecule has 0 bridgehead atoms. The SMILES string of the molecule is [C-]#[N+]CC(c1cncc(SC(C)C)c1)C(C)C. The quantitative estimate of drug-likeness (QED) is 0.572. The average Bonchev–Trinajstić information content (AvgIpc) is 2.24. The minimum absolute atomic E-state index is 0.299. The number of thioether (sulfide) groups is 1. The van der Waals surface area contributed by atoms with Gasteiger partial charge in [-0.05, 0) is 17.5 Å². The lowest BCUT2D eigenvalue weighted by Gasteiger charge is -2.16. The Balaban J connectivity index is 2.92. The molecule has 17 heavy (non-hydrogen) atoms. The Morgan fingerprint density at radius 1 is 1.29 bits per heavy atom. The Morgan fingerprint density at radius 2 is 2.00 bits per heavy atom. The first kappa shape index (κ1) is 14.1. The lowest BCUT2D eigenvalue weighted by atomic mass is 9.90. The van der Waals surface area contributed by atoms with Gasteiger partial charge < -0.3 is 4.85 Å². The summed E-state index contributed by atoms with van der Waals surface area (Å²) in [5.74, 6) is 0.776. The van der Waals surface area contributed by atoms with Crippen LogP contribution < -0.4 is 0 Å². The summed E-state index contributed by atoms with van der Waals surface area (Å²) in [6.45, 7) is 16.3. The van der Waals surface area contributed by atoms with Crippen molar-refractivity contribution in [2.75, 3.05) is 6.54 Å². The number of aromatic nitrogens is 1. The Labute approximate surface area is 109 Å². The van der Waals surface area contributed by atoms with Crippen molar-refractivity contribution in [3.05, 3.63) is 35.4 Å². The van der Waals surface area contributed by atoms with Crippen LogP contribution >= 0.6 is 11.8 Å². The van der Waals surface area contributed by atoms with Crippen LogP contribution in [0.15, 0.2) is 23.4 Å². The van der Waals surface area contributed by atoms with Gasteiger partial charge in [0.2, 0.25) is 6.54 Å². The molecule has 0 fully saturated rings. The van der Waals surface area contributed by atoms with Gasteiger partial charge in [-0.2, -0.15) is 0 Å². The Morgan fingerprint density at radius 3 is 2.53 bits per heavy atom. The first-order valence-electron chi connectivity index (χ1n) is 5.99. The molecular formula is C14H20N2S. The summed E-state index contributed by atoms with van der Waals surface area (Å²) in [5, 5.41) is 0.561. The van der Waals surface area contributed by atoms with Crippen molar-refractivity contribution in [1.82, 2.24) is 4.98 Å². The zero-order valence-electron chi connectivity index (χ0n) is 11.0. The summed E-state index contributed by atoms with van der Waals surface area (Å²) >= 11 is 1.82. The van der Waals surface area contributed by atoms with Crippen molar-refractivity contribution < 1.29 is 0 Å². The minimum atomic E-state index is 0.299. The van der Waals surface area contributed by atoms with Crippen molar-refractivity contribution >= 4 is 11.8 Å². The topological polar surface area (TPSA) is 17.2 Å². The fourth-order valence-corrected chi connectivity index (χ4v) is 2.64. The molecule has 1 atom stereocenters. The van der Waals surface area contributed by atoms with Gasteiger partial charge in [-0.25, -0.2) is 6.57 Å². The summed E-state index contributed by atoms with van der Waals surface area (Å²) in [4.78, 5) is 9.04. The Kier molecular flexibility index (Phi) is 5.50. The van der Waals surface area contributed by atoms with Gasteiger partial charge >= 0.3 is 0 Å². The molecule has 0 aromatic carbocycles. The van der Waals surface area contributed by atoms with Crippen molar-refractivity contribution in [2.24, 2.45) is 5.92 Å². The van der Waals surface area contributed by atoms with E-state index in [1.807, 2.05) is 24.2 Å². The molecule has 0 N–H and O–H groups in total. The zero-order valence-corrected chi connectivity index (χ0v) is 11.8. The molecule has 3 heteroatoms. The highest BCUT2D eigenvalue weighted by Gasteiger charge is 2.19. The van der Waals surface area contributed by atoms with Crippen molar-refractivity contribution in [2.45, 2.75) is 43.8 Å². The maximum Gasteiger partial charge on any atom is 0.221 e. The number of nitrogens with zero attached hydrogens (tertiary/aromatic N) is 2. The van der Waals surface area contributed by atoms with Crippen LogP contribution in [-0.2, 0) is 0 Å². The molecule has 0 spiro atoms. The van der Waals surface area contributed by atoms with E-state index in [0.717, 1.165) is 0 Å². The van der Waals surface area contributed by atoms with E-state index in [2.05, 4.69) is 43.6 Å². The van der Waals surface area contributed by atoms with Gasteiger partial charge in [0.15, 0.2) is 0 Å². The molecule has 0 aliphatic heterocycles. The molecule has 1 rings (SSSR count). The minimum Gasteiger partial charge on any atom is -0.316 e. The summed E-state index contributed by atoms with van der Waals surface area (Å²) in [6.07, 6.45) is 3.81. The highest BCUT2D eigenvalue weighted by Crippen LogP contribution is 2.29. The summed E-state index contributed by atoms with van der Waals surface area (Å²) < 4.78 is 0. The van der Waals surface area contributed by atoms with E-state index >= 15 is 0 Å². The smallest absolute Gasteiger partial charge is 0.221 e. The maximum atomic E-state index is 7.04. The van der Waals surface area contributed by atoms with Gasteiger partial charge in [0.05, 0.1) is 5.92 Å². The largest absolute Gasteiger partial charge is 0.316 e. The summed E-state index contributed by atoms with van der Waals surface area (Å²) in [7, 11) is 0. The van der Waals surface area contributed by atoms with Crippen LogP contribution in [0.25, 0.3) is 4.85 Å². The van der Waals surface area contributed by atoms with Gasteiger partial charge in [0.1, 0.15) is 0 Å². The predicted octanol–water partition coefficient (Wildman–Crippen LogP) is 4.24.